The number of carbonyl (C=O) groups excluding carboxylic acids is 1. The molecule has 4 atom stereocenters. The van der Waals surface area contributed by atoms with Gasteiger partial charge in [-0.2, -0.15) is 0 Å². The maximum atomic E-state index is 12.5. The molecule has 2 rings (SSSR count). The van der Waals surface area contributed by atoms with Crippen LogP contribution in [0.2, 0.25) is 0 Å². The summed E-state index contributed by atoms with van der Waals surface area (Å²) in [4.78, 5) is 25.5. The van der Waals surface area contributed by atoms with Crippen molar-refractivity contribution in [3.63, 3.8) is 0 Å². The van der Waals surface area contributed by atoms with Crippen LogP contribution in [0.5, 0.6) is 0 Å². The van der Waals surface area contributed by atoms with Crippen LogP contribution in [0.25, 0.3) is 0 Å². The summed E-state index contributed by atoms with van der Waals surface area (Å²) in [6.07, 6.45) is 9.42. The molecule has 0 aromatic carbocycles. The maximum absolute atomic E-state index is 12.5. The molecule has 164 valence electrons. The number of carboxylic acids is 1. The Morgan fingerprint density at radius 3 is 2.67 bits per heavy atom. The summed E-state index contributed by atoms with van der Waals surface area (Å²) < 4.78 is 1.11. The van der Waals surface area contributed by atoms with Gasteiger partial charge >= 0.3 is 193 Å². The Morgan fingerprint density at radius 2 is 2.03 bits per heavy atom. The Balaban J connectivity index is 1.82. The molecule has 7 heteroatoms. The van der Waals surface area contributed by atoms with Gasteiger partial charge in [-0.3, -0.25) is 0 Å². The van der Waals surface area contributed by atoms with Gasteiger partial charge in [0.25, 0.3) is 0 Å². The Labute approximate surface area is 193 Å². The van der Waals surface area contributed by atoms with E-state index in [1.165, 1.54) is 9.75 Å². The van der Waals surface area contributed by atoms with E-state index in [4.69, 9.17) is 5.11 Å². The predicted molar refractivity (Wildman–Crippen MR) is 129 cm³/mol. The summed E-state index contributed by atoms with van der Waals surface area (Å²) in [5.41, 5.74) is 0. The third-order valence-corrected chi connectivity index (χ3v) is 8.26. The van der Waals surface area contributed by atoms with Crippen molar-refractivity contribution in [2.24, 2.45) is 17.8 Å². The minimum atomic E-state index is -0.769. The van der Waals surface area contributed by atoms with E-state index in [2.05, 4.69) is 42.5 Å². The summed E-state index contributed by atoms with van der Waals surface area (Å²) in [5, 5.41) is 19.2. The number of allylic oxidation sites excluding steroid dienone is 2. The van der Waals surface area contributed by atoms with Crippen LogP contribution in [0.4, 0.5) is 0 Å². The minimum absolute atomic E-state index is 0.132. The first-order chi connectivity index (χ1) is 14.3. The molecule has 0 saturated heterocycles. The van der Waals surface area contributed by atoms with E-state index in [9.17, 15) is 14.7 Å². The molecule has 1 aliphatic carbocycles. The fourth-order valence-corrected chi connectivity index (χ4v) is 5.96. The van der Waals surface area contributed by atoms with Crippen LogP contribution in [0.15, 0.2) is 22.7 Å². The fourth-order valence-electron chi connectivity index (χ4n) is 4.36. The summed E-state index contributed by atoms with van der Waals surface area (Å²) in [7, 11) is 3.94. The third-order valence-electron chi connectivity index (χ3n) is 6.06. The summed E-state index contributed by atoms with van der Waals surface area (Å²) >= 11 is 5.26. The van der Waals surface area contributed by atoms with E-state index >= 15 is 0 Å². The van der Waals surface area contributed by atoms with E-state index in [1.807, 2.05) is 12.0 Å². The van der Waals surface area contributed by atoms with E-state index < -0.39 is 5.97 Å². The molecule has 0 spiro atoms. The number of thiophene rings is 1. The average Bonchev–Trinajstić information content (AvgIpc) is 3.19. The van der Waals surface area contributed by atoms with Crippen LogP contribution in [0, 0.1) is 24.7 Å². The van der Waals surface area contributed by atoms with E-state index in [0.717, 1.165) is 30.2 Å². The van der Waals surface area contributed by atoms with Crippen molar-refractivity contribution < 1.29 is 19.8 Å². The molecule has 4 nitrogen and oxygen atoms in total. The fraction of sp³-hybridized carbons (Fsp3) is 0.609. The molecule has 1 aliphatic rings. The number of hydrogen-bond acceptors (Lipinski definition) is 4. The summed E-state index contributed by atoms with van der Waals surface area (Å²) in [5.74, 6) is 2.09. The molecule has 0 bridgehead atoms. The van der Waals surface area contributed by atoms with Crippen LogP contribution >= 0.6 is 27.3 Å². The van der Waals surface area contributed by atoms with Crippen molar-refractivity contribution in [1.29, 1.82) is 0 Å². The van der Waals surface area contributed by atoms with Gasteiger partial charge < -0.3 is 0 Å². The number of rotatable bonds is 13. The number of Topliss-reactive ketones (excluding diaryl/α,β-unsaturated/α-hetero) is 1. The topological polar surface area (TPSA) is 74.6 Å². The molecular weight excluding hydrogens is 463 g/mol. The first-order valence-corrected chi connectivity index (χ1v) is 12.4. The van der Waals surface area contributed by atoms with Crippen molar-refractivity contribution in [1.82, 2.24) is 0 Å². The van der Waals surface area contributed by atoms with Gasteiger partial charge in [0.05, 0.1) is 0 Å². The SMILES string of the molecule is B=C[C@@H]1CC(O)[C@H](C/C=C\CCCC(=O)O)[C@H]1CCC(=O)CCc1cc(Br)c(C)s1. The molecule has 2 N–H and O–H groups in total. The third kappa shape index (κ3) is 7.90. The van der Waals surface area contributed by atoms with Crippen molar-refractivity contribution in [2.75, 3.05) is 0 Å². The molecule has 0 radical (unpaired) electrons. The van der Waals surface area contributed by atoms with Gasteiger partial charge in [-0.05, 0) is 0 Å². The molecule has 0 aliphatic heterocycles. The summed E-state index contributed by atoms with van der Waals surface area (Å²) in [6, 6.07) is 2.10. The Hall–Kier alpha value is -1.05. The molecule has 30 heavy (non-hydrogen) atoms. The Bertz CT molecular complexity index is 741. The van der Waals surface area contributed by atoms with Crippen molar-refractivity contribution in [2.45, 2.75) is 70.8 Å². The van der Waals surface area contributed by atoms with Crippen molar-refractivity contribution in [3.05, 3.63) is 32.4 Å². The second-order valence-electron chi connectivity index (χ2n) is 8.22. The zero-order valence-corrected chi connectivity index (χ0v) is 20.1. The second-order valence-corrected chi connectivity index (χ2v) is 10.4. The van der Waals surface area contributed by atoms with Gasteiger partial charge in [0.1, 0.15) is 0 Å². The molecule has 1 fully saturated rings. The molecular formula is C23H32BBrO4S. The number of ketones is 1. The zero-order valence-electron chi connectivity index (χ0n) is 17.7. The predicted octanol–water partition coefficient (Wildman–Crippen LogP) is 4.62. The van der Waals surface area contributed by atoms with Crippen molar-refractivity contribution >= 4 is 52.5 Å². The van der Waals surface area contributed by atoms with Gasteiger partial charge in [0.2, 0.25) is 0 Å². The Morgan fingerprint density at radius 1 is 1.27 bits per heavy atom. The van der Waals surface area contributed by atoms with Crippen LogP contribution in [-0.2, 0) is 16.0 Å². The van der Waals surface area contributed by atoms with Crippen LogP contribution in [0.1, 0.15) is 61.1 Å². The number of aliphatic carboxylic acids is 1. The number of carbonyl (C=O) groups is 2. The number of halogens is 1. The number of aliphatic hydroxyl groups is 1. The molecule has 1 heterocycles. The molecule has 1 unspecified atom stereocenters. The number of unbranched alkanes of at least 4 members (excludes halogenated alkanes) is 1. The van der Waals surface area contributed by atoms with Gasteiger partial charge in [0, 0.05) is 0 Å². The van der Waals surface area contributed by atoms with Crippen molar-refractivity contribution in [3.8, 4) is 0 Å². The van der Waals surface area contributed by atoms with E-state index in [0.29, 0.717) is 25.7 Å². The zero-order chi connectivity index (χ0) is 22.1. The van der Waals surface area contributed by atoms with Gasteiger partial charge in [-0.1, -0.05) is 0 Å². The molecule has 1 saturated carbocycles. The molecule has 1 aromatic rings. The van der Waals surface area contributed by atoms with Crippen LogP contribution in [-0.4, -0.2) is 41.5 Å². The first kappa shape index (κ1) is 25.2. The van der Waals surface area contributed by atoms with Gasteiger partial charge in [0.15, 0.2) is 0 Å². The van der Waals surface area contributed by atoms with Crippen LogP contribution < -0.4 is 0 Å². The molecule has 1 aromatic heterocycles. The first-order valence-electron chi connectivity index (χ1n) is 10.8. The summed E-state index contributed by atoms with van der Waals surface area (Å²) in [6.45, 7) is 2.07. The monoisotopic (exact) mass is 494 g/mol. The van der Waals surface area contributed by atoms with Crippen LogP contribution in [0.3, 0.4) is 0 Å². The number of aryl methyl sites for hydroxylation is 2. The Kier molecular flexibility index (Phi) is 10.7. The van der Waals surface area contributed by atoms with E-state index in [1.54, 1.807) is 11.3 Å². The average molecular weight is 495 g/mol. The second kappa shape index (κ2) is 12.7. The quantitative estimate of drug-likeness (QED) is 0.238. The molecule has 0 amide bonds. The van der Waals surface area contributed by atoms with E-state index in [-0.39, 0.29) is 36.1 Å². The normalized spacial score (nSPS) is 23.8. The standard InChI is InChI=1S/C23H32BBrO4S/c1-15-21(25)13-18(30-15)10-8-17(26)9-11-19-16(14-24)12-22(27)20(19)6-4-2-3-5-7-23(28)29/h2,4,13-14,16,19-20,22,24,27H,3,5-12H2,1H3,(H,28,29)/b4-2-/t16-,19-,20+,22?/m0/s1. The number of hydrogen-bond donors (Lipinski definition) is 2. The number of carboxylic acid groups (broad SMARTS) is 1. The number of aliphatic hydroxyl groups excluding tert-OH is 1. The van der Waals surface area contributed by atoms with Gasteiger partial charge in [-0.15, -0.1) is 0 Å². The van der Waals surface area contributed by atoms with Gasteiger partial charge in [-0.25, -0.2) is 0 Å².